The second-order valence-corrected chi connectivity index (χ2v) is 4.74. The summed E-state index contributed by atoms with van der Waals surface area (Å²) in [6.45, 7) is 2.32. The van der Waals surface area contributed by atoms with E-state index in [4.69, 9.17) is 0 Å². The van der Waals surface area contributed by atoms with Gasteiger partial charge in [-0.1, -0.05) is 18.2 Å². The number of aryl methyl sites for hydroxylation is 1. The number of aromatic nitrogens is 1. The summed E-state index contributed by atoms with van der Waals surface area (Å²) in [7, 11) is 2.15. The third-order valence-electron chi connectivity index (χ3n) is 3.71. The van der Waals surface area contributed by atoms with Gasteiger partial charge in [0, 0.05) is 13.2 Å². The van der Waals surface area contributed by atoms with E-state index in [1.54, 1.807) is 0 Å². The third-order valence-corrected chi connectivity index (χ3v) is 3.71. The van der Waals surface area contributed by atoms with Crippen LogP contribution in [0, 0.1) is 0 Å². The molecule has 0 bridgehead atoms. The maximum atomic E-state index is 3.43. The number of para-hydroxylation sites is 1. The summed E-state index contributed by atoms with van der Waals surface area (Å²) in [6, 6.07) is 8.91. The molecule has 2 nitrogen and oxygen atoms in total. The van der Waals surface area contributed by atoms with Crippen LogP contribution in [0.1, 0.15) is 24.3 Å². The molecule has 0 saturated carbocycles. The Morgan fingerprint density at radius 3 is 2.81 bits per heavy atom. The third kappa shape index (κ3) is 1.54. The molecule has 0 unspecified atom stereocenters. The molecule has 1 aromatic carbocycles. The average Bonchev–Trinajstić information content (AvgIpc) is 2.73. The summed E-state index contributed by atoms with van der Waals surface area (Å²) < 4.78 is 2.26. The zero-order chi connectivity index (χ0) is 11.0. The first-order valence-electron chi connectivity index (χ1n) is 6.11. The second-order valence-electron chi connectivity index (χ2n) is 4.74. The number of piperidine rings is 1. The van der Waals surface area contributed by atoms with Gasteiger partial charge in [-0.05, 0) is 48.9 Å². The molecule has 1 saturated heterocycles. The Kier molecular flexibility index (Phi) is 2.44. The smallest absolute Gasteiger partial charge is 0.0513 e. The van der Waals surface area contributed by atoms with E-state index in [0.29, 0.717) is 0 Å². The van der Waals surface area contributed by atoms with Crippen LogP contribution in [0.15, 0.2) is 30.5 Å². The van der Waals surface area contributed by atoms with Crippen LogP contribution < -0.4 is 5.32 Å². The predicted molar refractivity (Wildman–Crippen MR) is 67.8 cm³/mol. The van der Waals surface area contributed by atoms with Gasteiger partial charge < -0.3 is 9.88 Å². The van der Waals surface area contributed by atoms with Gasteiger partial charge in [0.2, 0.25) is 0 Å². The summed E-state index contributed by atoms with van der Waals surface area (Å²) in [4.78, 5) is 0. The van der Waals surface area contributed by atoms with E-state index in [-0.39, 0.29) is 0 Å². The minimum absolute atomic E-state index is 0.735. The largest absolute Gasteiger partial charge is 0.350 e. The van der Waals surface area contributed by atoms with E-state index < -0.39 is 0 Å². The van der Waals surface area contributed by atoms with Crippen molar-refractivity contribution in [3.8, 4) is 0 Å². The zero-order valence-electron chi connectivity index (χ0n) is 9.74. The molecule has 0 amide bonds. The molecule has 16 heavy (non-hydrogen) atoms. The molecule has 2 heteroatoms. The van der Waals surface area contributed by atoms with Crippen LogP contribution >= 0.6 is 0 Å². The maximum Gasteiger partial charge on any atom is 0.0513 e. The van der Waals surface area contributed by atoms with Crippen molar-refractivity contribution in [1.29, 1.82) is 0 Å². The van der Waals surface area contributed by atoms with Gasteiger partial charge in [0.25, 0.3) is 0 Å². The van der Waals surface area contributed by atoms with Crippen LogP contribution in [-0.2, 0) is 7.05 Å². The van der Waals surface area contributed by atoms with Crippen LogP contribution in [0.5, 0.6) is 0 Å². The molecule has 0 aliphatic carbocycles. The van der Waals surface area contributed by atoms with Crippen molar-refractivity contribution in [1.82, 2.24) is 9.88 Å². The van der Waals surface area contributed by atoms with Gasteiger partial charge in [-0.2, -0.15) is 0 Å². The number of benzene rings is 1. The van der Waals surface area contributed by atoms with Crippen LogP contribution in [0.25, 0.3) is 10.9 Å². The number of fused-ring (bicyclic) bond motifs is 1. The topological polar surface area (TPSA) is 17.0 Å². The van der Waals surface area contributed by atoms with E-state index in [9.17, 15) is 0 Å². The fourth-order valence-electron chi connectivity index (χ4n) is 2.85. The number of nitrogens with one attached hydrogen (secondary N) is 1. The molecule has 1 fully saturated rings. The van der Waals surface area contributed by atoms with E-state index in [1.807, 2.05) is 0 Å². The minimum Gasteiger partial charge on any atom is -0.350 e. The lowest BCUT2D eigenvalue weighted by Gasteiger charge is -2.24. The van der Waals surface area contributed by atoms with E-state index in [2.05, 4.69) is 47.4 Å². The summed E-state index contributed by atoms with van der Waals surface area (Å²) in [5.41, 5.74) is 2.96. The molecule has 0 atom stereocenters. The minimum atomic E-state index is 0.735. The highest BCUT2D eigenvalue weighted by Gasteiger charge is 2.18. The van der Waals surface area contributed by atoms with Gasteiger partial charge >= 0.3 is 0 Å². The molecule has 2 heterocycles. The Morgan fingerprint density at radius 2 is 2.00 bits per heavy atom. The van der Waals surface area contributed by atoms with Crippen molar-refractivity contribution in [2.24, 2.45) is 7.05 Å². The standard InChI is InChI=1S/C14H18N2/c1-16-10-7-12-3-2-4-13(14(12)16)11-5-8-15-9-6-11/h2-4,7,10-11,15H,5-6,8-9H2,1H3. The second kappa shape index (κ2) is 3.95. The number of rotatable bonds is 1. The molecule has 3 rings (SSSR count). The van der Waals surface area contributed by atoms with Crippen molar-refractivity contribution in [3.05, 3.63) is 36.0 Å². The van der Waals surface area contributed by atoms with Crippen molar-refractivity contribution in [2.75, 3.05) is 13.1 Å². The Bertz CT molecular complexity index is 492. The van der Waals surface area contributed by atoms with Crippen LogP contribution in [0.4, 0.5) is 0 Å². The molecule has 0 spiro atoms. The monoisotopic (exact) mass is 214 g/mol. The number of hydrogen-bond acceptors (Lipinski definition) is 1. The molecular weight excluding hydrogens is 196 g/mol. The van der Waals surface area contributed by atoms with Crippen LogP contribution in [0.3, 0.4) is 0 Å². The van der Waals surface area contributed by atoms with Crippen molar-refractivity contribution in [3.63, 3.8) is 0 Å². The van der Waals surface area contributed by atoms with Gasteiger partial charge in [0.1, 0.15) is 0 Å². The van der Waals surface area contributed by atoms with Gasteiger partial charge in [-0.15, -0.1) is 0 Å². The van der Waals surface area contributed by atoms with E-state index >= 15 is 0 Å². The molecule has 1 N–H and O–H groups in total. The predicted octanol–water partition coefficient (Wildman–Crippen LogP) is 2.65. The lowest BCUT2D eigenvalue weighted by atomic mass is 9.89. The molecule has 84 valence electrons. The first-order valence-corrected chi connectivity index (χ1v) is 6.11. The Balaban J connectivity index is 2.10. The first kappa shape index (κ1) is 9.91. The highest BCUT2D eigenvalue weighted by atomic mass is 14.9. The Labute approximate surface area is 96.3 Å². The van der Waals surface area contributed by atoms with Crippen molar-refractivity contribution in [2.45, 2.75) is 18.8 Å². The number of hydrogen-bond donors (Lipinski definition) is 1. The summed E-state index contributed by atoms with van der Waals surface area (Å²) in [6.07, 6.45) is 4.70. The fraction of sp³-hybridized carbons (Fsp3) is 0.429. The normalized spacial score (nSPS) is 18.1. The Morgan fingerprint density at radius 1 is 1.19 bits per heavy atom. The summed E-state index contributed by atoms with van der Waals surface area (Å²) in [5, 5.41) is 4.81. The van der Waals surface area contributed by atoms with Crippen LogP contribution in [-0.4, -0.2) is 17.7 Å². The molecule has 2 aromatic rings. The lowest BCUT2D eigenvalue weighted by Crippen LogP contribution is -2.26. The molecule has 0 radical (unpaired) electrons. The first-order chi connectivity index (χ1) is 7.86. The maximum absolute atomic E-state index is 3.43. The summed E-state index contributed by atoms with van der Waals surface area (Å²) in [5.74, 6) is 0.735. The SMILES string of the molecule is Cn1ccc2cccc(C3CCNCC3)c21. The van der Waals surface area contributed by atoms with Gasteiger partial charge in [-0.3, -0.25) is 0 Å². The van der Waals surface area contributed by atoms with Gasteiger partial charge in [0.05, 0.1) is 5.52 Å². The molecule has 1 aliphatic rings. The highest BCUT2D eigenvalue weighted by Crippen LogP contribution is 2.31. The highest BCUT2D eigenvalue weighted by molar-refractivity contribution is 5.83. The zero-order valence-corrected chi connectivity index (χ0v) is 9.74. The molecule has 1 aliphatic heterocycles. The number of nitrogens with zero attached hydrogens (tertiary/aromatic N) is 1. The summed E-state index contributed by atoms with van der Waals surface area (Å²) >= 11 is 0. The molecular formula is C14H18N2. The van der Waals surface area contributed by atoms with Gasteiger partial charge in [0.15, 0.2) is 0 Å². The molecule has 1 aromatic heterocycles. The van der Waals surface area contributed by atoms with Crippen LogP contribution in [0.2, 0.25) is 0 Å². The quantitative estimate of drug-likeness (QED) is 0.772. The average molecular weight is 214 g/mol. The Hall–Kier alpha value is -1.28. The van der Waals surface area contributed by atoms with Crippen molar-refractivity contribution >= 4 is 10.9 Å². The lowest BCUT2D eigenvalue weighted by molar-refractivity contribution is 0.461. The van der Waals surface area contributed by atoms with E-state index in [0.717, 1.165) is 19.0 Å². The van der Waals surface area contributed by atoms with E-state index in [1.165, 1.54) is 29.3 Å². The van der Waals surface area contributed by atoms with Gasteiger partial charge in [-0.25, -0.2) is 0 Å². The fourth-order valence-corrected chi connectivity index (χ4v) is 2.85. The van der Waals surface area contributed by atoms with Crippen molar-refractivity contribution < 1.29 is 0 Å².